The number of aryl methyl sites for hydroxylation is 1. The van der Waals surface area contributed by atoms with Crippen LogP contribution in [0, 0.1) is 6.92 Å². The molecule has 0 bridgehead atoms. The molecule has 0 radical (unpaired) electrons. The highest BCUT2D eigenvalue weighted by molar-refractivity contribution is 7.99. The molecule has 0 saturated carbocycles. The van der Waals surface area contributed by atoms with Crippen molar-refractivity contribution in [1.29, 1.82) is 0 Å². The highest BCUT2D eigenvalue weighted by atomic mass is 32.2. The molecule has 0 unspecified atom stereocenters. The minimum atomic E-state index is 0.204. The van der Waals surface area contributed by atoms with Crippen LogP contribution >= 0.6 is 11.8 Å². The largest absolute Gasteiger partial charge is 0.326 e. The van der Waals surface area contributed by atoms with Gasteiger partial charge in [0.15, 0.2) is 0 Å². The van der Waals surface area contributed by atoms with E-state index in [0.717, 1.165) is 0 Å². The second-order valence-electron chi connectivity index (χ2n) is 6.19. The van der Waals surface area contributed by atoms with Crippen molar-refractivity contribution >= 4 is 11.8 Å². The van der Waals surface area contributed by atoms with Crippen LogP contribution in [0.15, 0.2) is 52.3 Å². The fraction of sp³-hybridized carbons (Fsp3) is 0.333. The van der Waals surface area contributed by atoms with Crippen molar-refractivity contribution in [2.75, 3.05) is 0 Å². The molecule has 0 spiro atoms. The Kier molecular flexibility index (Phi) is 4.56. The minimum absolute atomic E-state index is 0.204. The van der Waals surface area contributed by atoms with E-state index < -0.39 is 0 Å². The number of hydrogen-bond donors (Lipinski definition) is 1. The van der Waals surface area contributed by atoms with Gasteiger partial charge in [0.1, 0.15) is 0 Å². The third-order valence-electron chi connectivity index (χ3n) is 3.38. The molecule has 0 saturated heterocycles. The Hall–Kier alpha value is -1.25. The number of rotatable bonds is 3. The van der Waals surface area contributed by atoms with E-state index in [1.807, 2.05) is 0 Å². The summed E-state index contributed by atoms with van der Waals surface area (Å²) in [5, 5.41) is 0. The van der Waals surface area contributed by atoms with Crippen LogP contribution in [0.1, 0.15) is 37.5 Å². The highest BCUT2D eigenvalue weighted by Gasteiger charge is 2.13. The van der Waals surface area contributed by atoms with E-state index in [-0.39, 0.29) is 5.41 Å². The van der Waals surface area contributed by atoms with Gasteiger partial charge in [0.2, 0.25) is 0 Å². The molecule has 0 aliphatic heterocycles. The van der Waals surface area contributed by atoms with Crippen LogP contribution in [0.5, 0.6) is 0 Å². The van der Waals surface area contributed by atoms with Crippen LogP contribution < -0.4 is 5.73 Å². The van der Waals surface area contributed by atoms with Gasteiger partial charge in [-0.3, -0.25) is 0 Å². The van der Waals surface area contributed by atoms with Crippen LogP contribution in [0.25, 0.3) is 0 Å². The lowest BCUT2D eigenvalue weighted by atomic mass is 9.87. The average molecular weight is 285 g/mol. The second kappa shape index (κ2) is 6.02. The molecule has 20 heavy (non-hydrogen) atoms. The van der Waals surface area contributed by atoms with Crippen molar-refractivity contribution < 1.29 is 0 Å². The van der Waals surface area contributed by atoms with E-state index in [9.17, 15) is 0 Å². The zero-order valence-electron chi connectivity index (χ0n) is 12.7. The monoisotopic (exact) mass is 285 g/mol. The molecular weight excluding hydrogens is 262 g/mol. The Morgan fingerprint density at radius 2 is 1.65 bits per heavy atom. The van der Waals surface area contributed by atoms with Gasteiger partial charge in [-0.05, 0) is 41.7 Å². The number of benzene rings is 2. The maximum Gasteiger partial charge on any atom is 0.0189 e. The predicted octanol–water partition coefficient (Wildman–Crippen LogP) is 4.90. The lowest BCUT2D eigenvalue weighted by Crippen LogP contribution is -2.10. The first-order valence-electron chi connectivity index (χ1n) is 6.98. The minimum Gasteiger partial charge on any atom is -0.326 e. The molecular formula is C18H23NS. The summed E-state index contributed by atoms with van der Waals surface area (Å²) in [7, 11) is 0. The summed E-state index contributed by atoms with van der Waals surface area (Å²) >= 11 is 1.79. The summed E-state index contributed by atoms with van der Waals surface area (Å²) in [6.45, 7) is 9.40. The smallest absolute Gasteiger partial charge is 0.0189 e. The van der Waals surface area contributed by atoms with E-state index in [4.69, 9.17) is 5.73 Å². The standard InChI is InChI=1S/C18H23NS/c1-13-5-10-17(14(11-13)12-19)20-16-8-6-15(7-9-16)18(2,3)4/h5-11H,12,19H2,1-4H3. The van der Waals surface area contributed by atoms with E-state index >= 15 is 0 Å². The Morgan fingerprint density at radius 1 is 1.00 bits per heavy atom. The van der Waals surface area contributed by atoms with Gasteiger partial charge in [0.25, 0.3) is 0 Å². The van der Waals surface area contributed by atoms with Crippen molar-refractivity contribution in [3.05, 3.63) is 59.2 Å². The van der Waals surface area contributed by atoms with E-state index in [0.29, 0.717) is 6.54 Å². The Labute approximate surface area is 126 Å². The summed E-state index contributed by atoms with van der Waals surface area (Å²) in [6, 6.07) is 15.3. The summed E-state index contributed by atoms with van der Waals surface area (Å²) < 4.78 is 0. The van der Waals surface area contributed by atoms with Gasteiger partial charge in [0, 0.05) is 16.3 Å². The summed E-state index contributed by atoms with van der Waals surface area (Å²) in [5.41, 5.74) is 9.89. The highest BCUT2D eigenvalue weighted by Crippen LogP contribution is 2.32. The third-order valence-corrected chi connectivity index (χ3v) is 4.51. The fourth-order valence-electron chi connectivity index (χ4n) is 2.12. The second-order valence-corrected chi connectivity index (χ2v) is 7.31. The molecule has 0 aliphatic carbocycles. The Balaban J connectivity index is 2.22. The van der Waals surface area contributed by atoms with Crippen LogP contribution in [0.2, 0.25) is 0 Å². The normalized spacial score (nSPS) is 11.7. The van der Waals surface area contributed by atoms with Gasteiger partial charge < -0.3 is 5.73 Å². The van der Waals surface area contributed by atoms with Gasteiger partial charge in [-0.1, -0.05) is 62.4 Å². The molecule has 2 aromatic carbocycles. The molecule has 0 aliphatic rings. The Bertz CT molecular complexity index is 579. The van der Waals surface area contributed by atoms with Crippen molar-refractivity contribution in [1.82, 2.24) is 0 Å². The topological polar surface area (TPSA) is 26.0 Å². The van der Waals surface area contributed by atoms with Gasteiger partial charge in [-0.2, -0.15) is 0 Å². The summed E-state index contributed by atoms with van der Waals surface area (Å²) in [5.74, 6) is 0. The molecule has 2 rings (SSSR count). The quantitative estimate of drug-likeness (QED) is 0.867. The van der Waals surface area contributed by atoms with Gasteiger partial charge in [0.05, 0.1) is 0 Å². The van der Waals surface area contributed by atoms with E-state index in [1.165, 1.54) is 26.5 Å². The SMILES string of the molecule is Cc1ccc(Sc2ccc(C(C)(C)C)cc2)c(CN)c1. The summed E-state index contributed by atoms with van der Waals surface area (Å²) in [6.07, 6.45) is 0. The number of hydrogen-bond acceptors (Lipinski definition) is 2. The van der Waals surface area contributed by atoms with Gasteiger partial charge >= 0.3 is 0 Å². The maximum atomic E-state index is 5.84. The lowest BCUT2D eigenvalue weighted by molar-refractivity contribution is 0.590. The first kappa shape index (κ1) is 15.1. The van der Waals surface area contributed by atoms with E-state index in [2.05, 4.69) is 70.2 Å². The zero-order chi connectivity index (χ0) is 14.8. The van der Waals surface area contributed by atoms with Gasteiger partial charge in [-0.25, -0.2) is 0 Å². The lowest BCUT2D eigenvalue weighted by Gasteiger charge is -2.19. The molecule has 1 nitrogen and oxygen atoms in total. The van der Waals surface area contributed by atoms with Crippen LogP contribution in [-0.2, 0) is 12.0 Å². The van der Waals surface area contributed by atoms with Crippen LogP contribution in [-0.4, -0.2) is 0 Å². The number of nitrogens with two attached hydrogens (primary N) is 1. The molecule has 2 heteroatoms. The molecule has 0 atom stereocenters. The van der Waals surface area contributed by atoms with Gasteiger partial charge in [-0.15, -0.1) is 0 Å². The van der Waals surface area contributed by atoms with Crippen molar-refractivity contribution in [2.24, 2.45) is 5.73 Å². The van der Waals surface area contributed by atoms with Crippen molar-refractivity contribution in [3.63, 3.8) is 0 Å². The Morgan fingerprint density at radius 3 is 2.20 bits per heavy atom. The van der Waals surface area contributed by atoms with Crippen molar-refractivity contribution in [2.45, 2.75) is 49.4 Å². The van der Waals surface area contributed by atoms with Crippen molar-refractivity contribution in [3.8, 4) is 0 Å². The third kappa shape index (κ3) is 3.65. The first-order valence-corrected chi connectivity index (χ1v) is 7.80. The zero-order valence-corrected chi connectivity index (χ0v) is 13.6. The molecule has 0 amide bonds. The van der Waals surface area contributed by atoms with Crippen LogP contribution in [0.3, 0.4) is 0 Å². The molecule has 2 N–H and O–H groups in total. The first-order chi connectivity index (χ1) is 9.40. The van der Waals surface area contributed by atoms with Crippen LogP contribution in [0.4, 0.5) is 0 Å². The molecule has 106 valence electrons. The summed E-state index contributed by atoms with van der Waals surface area (Å²) in [4.78, 5) is 2.51. The molecule has 0 heterocycles. The van der Waals surface area contributed by atoms with E-state index in [1.54, 1.807) is 11.8 Å². The molecule has 2 aromatic rings. The maximum absolute atomic E-state index is 5.84. The average Bonchev–Trinajstić information content (AvgIpc) is 2.40. The molecule has 0 fully saturated rings. The predicted molar refractivity (Wildman–Crippen MR) is 88.3 cm³/mol. The molecule has 0 aromatic heterocycles. The fourth-order valence-corrected chi connectivity index (χ4v) is 3.05.